The predicted octanol–water partition coefficient (Wildman–Crippen LogP) is 5.68. The van der Waals surface area contributed by atoms with Crippen molar-refractivity contribution in [1.29, 1.82) is 0 Å². The van der Waals surface area contributed by atoms with Crippen molar-refractivity contribution in [3.63, 3.8) is 0 Å². The minimum atomic E-state index is -2.86. The van der Waals surface area contributed by atoms with Crippen molar-refractivity contribution >= 4 is 33.6 Å². The number of halogens is 3. The van der Waals surface area contributed by atoms with Gasteiger partial charge < -0.3 is 10.3 Å². The maximum absolute atomic E-state index is 13.0. The number of aryl methyl sites for hydroxylation is 2. The smallest absolute Gasteiger partial charge is 0.279 e. The largest absolute Gasteiger partial charge is 0.341 e. The fourth-order valence-corrected chi connectivity index (χ4v) is 5.27. The SMILES string of the molecule is Cc1ccc2c(c1)Sc1cc(C)ccc1C2NC(=O)c1cc(Br)c(C(F)F)[nH]c1=O. The first-order valence-electron chi connectivity index (χ1n) is 9.15. The lowest BCUT2D eigenvalue weighted by Crippen LogP contribution is -2.35. The molecule has 0 fully saturated rings. The van der Waals surface area contributed by atoms with Gasteiger partial charge in [-0.1, -0.05) is 36.0 Å². The van der Waals surface area contributed by atoms with Gasteiger partial charge in [0.15, 0.2) is 0 Å². The van der Waals surface area contributed by atoms with Crippen LogP contribution in [0.2, 0.25) is 0 Å². The third kappa shape index (κ3) is 3.81. The van der Waals surface area contributed by atoms with Crippen LogP contribution in [-0.4, -0.2) is 10.9 Å². The third-order valence-corrected chi connectivity index (χ3v) is 6.74. The maximum Gasteiger partial charge on any atom is 0.279 e. The van der Waals surface area contributed by atoms with E-state index in [-0.39, 0.29) is 10.0 Å². The lowest BCUT2D eigenvalue weighted by atomic mass is 9.95. The van der Waals surface area contributed by atoms with E-state index in [9.17, 15) is 18.4 Å². The topological polar surface area (TPSA) is 62.0 Å². The number of fused-ring (bicyclic) bond motifs is 2. The summed E-state index contributed by atoms with van der Waals surface area (Å²) in [7, 11) is 0. The number of pyridine rings is 1. The number of aromatic nitrogens is 1. The Kier molecular flexibility index (Phi) is 5.55. The summed E-state index contributed by atoms with van der Waals surface area (Å²) in [6.07, 6.45) is -2.86. The molecule has 0 radical (unpaired) electrons. The Morgan fingerprint density at radius 1 is 1.07 bits per heavy atom. The molecule has 0 bridgehead atoms. The van der Waals surface area contributed by atoms with Gasteiger partial charge in [0, 0.05) is 14.3 Å². The van der Waals surface area contributed by atoms with E-state index in [0.717, 1.165) is 38.1 Å². The minimum absolute atomic E-state index is 0.0199. The normalized spacial score (nSPS) is 13.1. The summed E-state index contributed by atoms with van der Waals surface area (Å²) >= 11 is 4.65. The van der Waals surface area contributed by atoms with Gasteiger partial charge in [-0.3, -0.25) is 9.59 Å². The van der Waals surface area contributed by atoms with Gasteiger partial charge in [-0.05, 0) is 70.2 Å². The molecule has 0 aliphatic carbocycles. The highest BCUT2D eigenvalue weighted by Crippen LogP contribution is 2.45. The van der Waals surface area contributed by atoms with E-state index in [1.807, 2.05) is 38.1 Å². The van der Waals surface area contributed by atoms with Crippen LogP contribution >= 0.6 is 27.7 Å². The highest BCUT2D eigenvalue weighted by Gasteiger charge is 2.29. The third-order valence-electron chi connectivity index (χ3n) is 4.94. The average Bonchev–Trinajstić information content (AvgIpc) is 2.68. The van der Waals surface area contributed by atoms with Crippen LogP contribution in [0.15, 0.2) is 61.5 Å². The fourth-order valence-electron chi connectivity index (χ4n) is 3.43. The number of aromatic amines is 1. The molecule has 4 nitrogen and oxygen atoms in total. The molecule has 4 rings (SSSR count). The molecule has 0 spiro atoms. The van der Waals surface area contributed by atoms with Crippen molar-refractivity contribution in [2.24, 2.45) is 0 Å². The van der Waals surface area contributed by atoms with Crippen LogP contribution in [0.1, 0.15) is 50.8 Å². The van der Waals surface area contributed by atoms with Crippen LogP contribution in [-0.2, 0) is 0 Å². The Hall–Kier alpha value is -2.45. The maximum atomic E-state index is 13.0. The zero-order valence-electron chi connectivity index (χ0n) is 16.1. The van der Waals surface area contributed by atoms with E-state index in [1.54, 1.807) is 11.8 Å². The van der Waals surface area contributed by atoms with E-state index >= 15 is 0 Å². The van der Waals surface area contributed by atoms with Crippen LogP contribution in [0.5, 0.6) is 0 Å². The summed E-state index contributed by atoms with van der Waals surface area (Å²) in [6.45, 7) is 4.00. The number of nitrogens with one attached hydrogen (secondary N) is 2. The second-order valence-corrected chi connectivity index (χ2v) is 9.10. The molecule has 30 heavy (non-hydrogen) atoms. The molecule has 1 aliphatic rings. The molecule has 1 amide bonds. The van der Waals surface area contributed by atoms with Crippen LogP contribution in [0.25, 0.3) is 0 Å². The second kappa shape index (κ2) is 8.00. The zero-order valence-corrected chi connectivity index (χ0v) is 18.5. The Bertz CT molecular complexity index is 1170. The van der Waals surface area contributed by atoms with Gasteiger partial charge in [-0.15, -0.1) is 0 Å². The molecule has 2 N–H and O–H groups in total. The van der Waals surface area contributed by atoms with E-state index in [1.165, 1.54) is 0 Å². The molecule has 2 aromatic carbocycles. The Balaban J connectivity index is 1.76. The van der Waals surface area contributed by atoms with Gasteiger partial charge in [0.05, 0.1) is 11.7 Å². The van der Waals surface area contributed by atoms with Crippen LogP contribution in [0, 0.1) is 13.8 Å². The number of hydrogen-bond acceptors (Lipinski definition) is 3. The number of hydrogen-bond donors (Lipinski definition) is 2. The van der Waals surface area contributed by atoms with Crippen molar-refractivity contribution < 1.29 is 13.6 Å². The van der Waals surface area contributed by atoms with E-state index in [4.69, 9.17) is 0 Å². The van der Waals surface area contributed by atoms with Crippen LogP contribution in [0.3, 0.4) is 0 Å². The van der Waals surface area contributed by atoms with Crippen molar-refractivity contribution in [2.45, 2.75) is 36.1 Å². The van der Waals surface area contributed by atoms with Crippen molar-refractivity contribution in [3.05, 3.63) is 90.8 Å². The molecule has 0 saturated heterocycles. The highest BCUT2D eigenvalue weighted by molar-refractivity contribution is 9.10. The minimum Gasteiger partial charge on any atom is -0.341 e. The van der Waals surface area contributed by atoms with Crippen LogP contribution in [0.4, 0.5) is 8.78 Å². The zero-order chi connectivity index (χ0) is 21.6. The Labute approximate surface area is 184 Å². The quantitative estimate of drug-likeness (QED) is 0.496. The van der Waals surface area contributed by atoms with Gasteiger partial charge in [0.25, 0.3) is 17.9 Å². The molecule has 8 heteroatoms. The first-order chi connectivity index (χ1) is 14.2. The summed E-state index contributed by atoms with van der Waals surface area (Å²) in [5.41, 5.74) is 2.42. The van der Waals surface area contributed by atoms with E-state index < -0.39 is 29.6 Å². The van der Waals surface area contributed by atoms with Gasteiger partial charge in [0.2, 0.25) is 0 Å². The lowest BCUT2D eigenvalue weighted by molar-refractivity contribution is 0.0939. The number of carbonyl (C=O) groups excluding carboxylic acids is 1. The molecule has 2 heterocycles. The molecule has 1 aromatic heterocycles. The average molecular weight is 491 g/mol. The van der Waals surface area contributed by atoms with E-state index in [2.05, 4.69) is 38.4 Å². The number of carbonyl (C=O) groups is 1. The van der Waals surface area contributed by atoms with Crippen molar-refractivity contribution in [3.8, 4) is 0 Å². The number of H-pyrrole nitrogens is 1. The molecular weight excluding hydrogens is 474 g/mol. The highest BCUT2D eigenvalue weighted by atomic mass is 79.9. The van der Waals surface area contributed by atoms with Gasteiger partial charge in [0.1, 0.15) is 5.56 Å². The summed E-state index contributed by atoms with van der Waals surface area (Å²) < 4.78 is 26.0. The summed E-state index contributed by atoms with van der Waals surface area (Å²) in [5.74, 6) is -0.632. The number of amides is 1. The second-order valence-electron chi connectivity index (χ2n) is 7.17. The Morgan fingerprint density at radius 2 is 1.63 bits per heavy atom. The van der Waals surface area contributed by atoms with Gasteiger partial charge in [-0.2, -0.15) is 0 Å². The fraction of sp³-hybridized carbons (Fsp3) is 0.182. The first kappa shape index (κ1) is 20.8. The molecule has 154 valence electrons. The molecule has 0 unspecified atom stereocenters. The molecule has 3 aromatic rings. The number of rotatable bonds is 3. The van der Waals surface area contributed by atoms with Gasteiger partial charge in [-0.25, -0.2) is 8.78 Å². The van der Waals surface area contributed by atoms with Crippen molar-refractivity contribution in [1.82, 2.24) is 10.3 Å². The standard InChI is InChI=1S/C22H17BrF2N2O2S/c1-10-3-5-12-16(7-10)30-17-8-11(2)4-6-13(17)18(12)26-21(28)14-9-15(23)19(20(24)25)27-22(14)29/h3-9,18,20H,1-2H3,(H,26,28)(H,27,29). The number of alkyl halides is 2. The summed E-state index contributed by atoms with van der Waals surface area (Å²) in [6, 6.07) is 12.7. The lowest BCUT2D eigenvalue weighted by Gasteiger charge is -2.29. The summed E-state index contributed by atoms with van der Waals surface area (Å²) in [4.78, 5) is 29.4. The first-order valence-corrected chi connectivity index (χ1v) is 10.8. The Morgan fingerprint density at radius 3 is 2.17 bits per heavy atom. The molecule has 0 atom stereocenters. The summed E-state index contributed by atoms with van der Waals surface area (Å²) in [5, 5.41) is 2.92. The molecule has 1 aliphatic heterocycles. The predicted molar refractivity (Wildman–Crippen MR) is 116 cm³/mol. The monoisotopic (exact) mass is 490 g/mol. The number of benzene rings is 2. The molecular formula is C22H17BrF2N2O2S. The van der Waals surface area contributed by atoms with Gasteiger partial charge >= 0.3 is 0 Å². The van der Waals surface area contributed by atoms with Crippen molar-refractivity contribution in [2.75, 3.05) is 0 Å². The molecule has 0 saturated carbocycles. The van der Waals surface area contributed by atoms with Crippen LogP contribution < -0.4 is 10.9 Å². The van der Waals surface area contributed by atoms with E-state index in [0.29, 0.717) is 0 Å².